The van der Waals surface area contributed by atoms with Crippen LogP contribution < -0.4 is 15.4 Å². The van der Waals surface area contributed by atoms with Crippen LogP contribution >= 0.6 is 11.6 Å². The van der Waals surface area contributed by atoms with E-state index < -0.39 is 6.10 Å². The lowest BCUT2D eigenvalue weighted by molar-refractivity contribution is -0.122. The number of hydrogen-bond acceptors (Lipinski definition) is 3. The molecule has 0 radical (unpaired) electrons. The van der Waals surface area contributed by atoms with Gasteiger partial charge in [0, 0.05) is 11.6 Å². The lowest BCUT2D eigenvalue weighted by Crippen LogP contribution is -2.32. The van der Waals surface area contributed by atoms with Crippen LogP contribution in [0.3, 0.4) is 0 Å². The Hall–Kier alpha value is -2.53. The van der Waals surface area contributed by atoms with Crippen LogP contribution in [-0.2, 0) is 4.79 Å². The Morgan fingerprint density at radius 3 is 2.50 bits per heavy atom. The molecule has 6 heteroatoms. The maximum Gasteiger partial charge on any atom is 0.265 e. The van der Waals surface area contributed by atoms with Gasteiger partial charge in [-0.3, -0.25) is 9.59 Å². The maximum atomic E-state index is 12.4. The third kappa shape index (κ3) is 5.77. The quantitative estimate of drug-likeness (QED) is 0.765. The van der Waals surface area contributed by atoms with Gasteiger partial charge in [0.05, 0.1) is 11.3 Å². The number of amides is 2. The Morgan fingerprint density at radius 2 is 1.81 bits per heavy atom. The predicted octanol–water partition coefficient (Wildman–Crippen LogP) is 4.13. The van der Waals surface area contributed by atoms with Gasteiger partial charge in [-0.15, -0.1) is 0 Å². The number of carbonyl (C=O) groups is 2. The average Bonchev–Trinajstić information content (AvgIpc) is 2.60. The number of hydrogen-bond donors (Lipinski definition) is 2. The van der Waals surface area contributed by atoms with Crippen molar-refractivity contribution in [2.45, 2.75) is 26.9 Å². The molecule has 0 aliphatic carbocycles. The normalized spacial score (nSPS) is 11.7. The number of ether oxygens (including phenoxy) is 1. The topological polar surface area (TPSA) is 67.4 Å². The minimum Gasteiger partial charge on any atom is -0.481 e. The molecular weight excluding hydrogens is 352 g/mol. The number of rotatable bonds is 7. The average molecular weight is 375 g/mol. The van der Waals surface area contributed by atoms with Crippen LogP contribution in [0.2, 0.25) is 5.02 Å². The first-order valence-corrected chi connectivity index (χ1v) is 8.85. The molecule has 2 rings (SSSR count). The molecule has 0 aliphatic rings. The van der Waals surface area contributed by atoms with E-state index in [9.17, 15) is 9.59 Å². The third-order valence-corrected chi connectivity index (χ3v) is 3.81. The molecule has 0 spiro atoms. The second-order valence-electron chi connectivity index (χ2n) is 6.36. The van der Waals surface area contributed by atoms with Gasteiger partial charge in [0.2, 0.25) is 0 Å². The summed E-state index contributed by atoms with van der Waals surface area (Å²) in [6.45, 7) is 6.23. The molecule has 138 valence electrons. The second-order valence-corrected chi connectivity index (χ2v) is 6.79. The Labute approximate surface area is 158 Å². The zero-order valence-corrected chi connectivity index (χ0v) is 15.8. The number of para-hydroxylation sites is 1. The number of nitrogens with one attached hydrogen (secondary N) is 2. The van der Waals surface area contributed by atoms with Crippen molar-refractivity contribution in [1.29, 1.82) is 0 Å². The van der Waals surface area contributed by atoms with Gasteiger partial charge in [-0.1, -0.05) is 43.6 Å². The van der Waals surface area contributed by atoms with Gasteiger partial charge in [-0.25, -0.2) is 0 Å². The van der Waals surface area contributed by atoms with Crippen molar-refractivity contribution in [2.75, 3.05) is 11.9 Å². The highest BCUT2D eigenvalue weighted by atomic mass is 35.5. The van der Waals surface area contributed by atoms with E-state index in [1.54, 1.807) is 55.5 Å². The highest BCUT2D eigenvalue weighted by molar-refractivity contribution is 6.30. The predicted molar refractivity (Wildman–Crippen MR) is 104 cm³/mol. The van der Waals surface area contributed by atoms with Gasteiger partial charge in [0.15, 0.2) is 6.10 Å². The lowest BCUT2D eigenvalue weighted by Gasteiger charge is -2.17. The first-order valence-electron chi connectivity index (χ1n) is 8.47. The van der Waals surface area contributed by atoms with Crippen molar-refractivity contribution < 1.29 is 14.3 Å². The van der Waals surface area contributed by atoms with Gasteiger partial charge < -0.3 is 15.4 Å². The Bertz CT molecular complexity index is 777. The Kier molecular flexibility index (Phi) is 7.04. The number of anilines is 1. The van der Waals surface area contributed by atoms with E-state index in [2.05, 4.69) is 10.6 Å². The summed E-state index contributed by atoms with van der Waals surface area (Å²) >= 11 is 5.92. The van der Waals surface area contributed by atoms with Crippen molar-refractivity contribution in [2.24, 2.45) is 5.92 Å². The van der Waals surface area contributed by atoms with Crippen LogP contribution in [0.25, 0.3) is 0 Å². The molecule has 2 aromatic rings. The zero-order valence-electron chi connectivity index (χ0n) is 15.1. The highest BCUT2D eigenvalue weighted by Crippen LogP contribution is 2.20. The van der Waals surface area contributed by atoms with Crippen LogP contribution in [0.4, 0.5) is 5.69 Å². The fourth-order valence-corrected chi connectivity index (χ4v) is 2.39. The fourth-order valence-electron chi connectivity index (χ4n) is 2.21. The van der Waals surface area contributed by atoms with Crippen molar-refractivity contribution in [1.82, 2.24) is 5.32 Å². The summed E-state index contributed by atoms with van der Waals surface area (Å²) in [5, 5.41) is 6.14. The largest absolute Gasteiger partial charge is 0.481 e. The summed E-state index contributed by atoms with van der Waals surface area (Å²) in [5.41, 5.74) is 0.858. The first kappa shape index (κ1) is 19.8. The van der Waals surface area contributed by atoms with E-state index in [1.165, 1.54) is 0 Å². The van der Waals surface area contributed by atoms with Crippen LogP contribution in [0.5, 0.6) is 5.75 Å². The van der Waals surface area contributed by atoms with Crippen LogP contribution in [0, 0.1) is 5.92 Å². The fraction of sp³-hybridized carbons (Fsp3) is 0.300. The van der Waals surface area contributed by atoms with Gasteiger partial charge in [-0.2, -0.15) is 0 Å². The Balaban J connectivity index is 2.05. The first-order chi connectivity index (χ1) is 12.4. The van der Waals surface area contributed by atoms with Crippen molar-refractivity contribution in [3.05, 3.63) is 59.1 Å². The summed E-state index contributed by atoms with van der Waals surface area (Å²) in [4.78, 5) is 24.8. The minimum absolute atomic E-state index is 0.224. The number of carbonyl (C=O) groups excluding carboxylic acids is 2. The molecular formula is C20H23ClN2O3. The minimum atomic E-state index is -0.750. The Morgan fingerprint density at radius 1 is 1.08 bits per heavy atom. The maximum absolute atomic E-state index is 12.4. The van der Waals surface area contributed by atoms with Gasteiger partial charge in [-0.05, 0) is 43.2 Å². The van der Waals surface area contributed by atoms with Crippen molar-refractivity contribution in [3.8, 4) is 5.75 Å². The van der Waals surface area contributed by atoms with Crippen molar-refractivity contribution >= 4 is 29.1 Å². The lowest BCUT2D eigenvalue weighted by atomic mass is 10.1. The van der Waals surface area contributed by atoms with E-state index in [-0.39, 0.29) is 11.8 Å². The molecule has 26 heavy (non-hydrogen) atoms. The monoisotopic (exact) mass is 374 g/mol. The molecule has 0 saturated heterocycles. The molecule has 1 atom stereocenters. The van der Waals surface area contributed by atoms with E-state index in [0.29, 0.717) is 34.5 Å². The van der Waals surface area contributed by atoms with Gasteiger partial charge in [0.1, 0.15) is 5.75 Å². The van der Waals surface area contributed by atoms with Gasteiger partial charge >= 0.3 is 0 Å². The van der Waals surface area contributed by atoms with E-state index in [4.69, 9.17) is 16.3 Å². The van der Waals surface area contributed by atoms with E-state index in [1.807, 2.05) is 13.8 Å². The molecule has 5 nitrogen and oxygen atoms in total. The summed E-state index contributed by atoms with van der Waals surface area (Å²) in [7, 11) is 0. The third-order valence-electron chi connectivity index (χ3n) is 3.58. The smallest absolute Gasteiger partial charge is 0.265 e. The molecule has 0 heterocycles. The molecule has 0 aliphatic heterocycles. The van der Waals surface area contributed by atoms with Crippen LogP contribution in [0.15, 0.2) is 48.5 Å². The van der Waals surface area contributed by atoms with Crippen LogP contribution in [0.1, 0.15) is 31.1 Å². The number of benzene rings is 2. The molecule has 2 amide bonds. The summed E-state index contributed by atoms with van der Waals surface area (Å²) in [5.74, 6) is 0.266. The SMILES string of the molecule is CC(C)CNC(=O)c1ccccc1NC(=O)[C@H](C)Oc1cccc(Cl)c1. The highest BCUT2D eigenvalue weighted by Gasteiger charge is 2.18. The molecule has 0 saturated carbocycles. The summed E-state index contributed by atoms with van der Waals surface area (Å²) in [6.07, 6.45) is -0.750. The molecule has 0 fully saturated rings. The van der Waals surface area contributed by atoms with E-state index >= 15 is 0 Å². The van der Waals surface area contributed by atoms with E-state index in [0.717, 1.165) is 0 Å². The molecule has 0 bridgehead atoms. The molecule has 0 aromatic heterocycles. The molecule has 2 aromatic carbocycles. The summed E-state index contributed by atoms with van der Waals surface area (Å²) < 4.78 is 5.61. The standard InChI is InChI=1S/C20H23ClN2O3/c1-13(2)12-22-20(25)17-9-4-5-10-18(17)23-19(24)14(3)26-16-8-6-7-15(21)11-16/h4-11,13-14H,12H2,1-3H3,(H,22,25)(H,23,24)/t14-/m0/s1. The molecule has 2 N–H and O–H groups in total. The summed E-state index contributed by atoms with van der Waals surface area (Å²) in [6, 6.07) is 13.7. The second kappa shape index (κ2) is 9.25. The van der Waals surface area contributed by atoms with Gasteiger partial charge in [0.25, 0.3) is 11.8 Å². The zero-order chi connectivity index (χ0) is 19.1. The van der Waals surface area contributed by atoms with Crippen LogP contribution in [-0.4, -0.2) is 24.5 Å². The van der Waals surface area contributed by atoms with Crippen molar-refractivity contribution in [3.63, 3.8) is 0 Å². The number of halogens is 1. The molecule has 0 unspecified atom stereocenters.